The zero-order valence-corrected chi connectivity index (χ0v) is 16.7. The molecule has 140 valence electrons. The predicted molar refractivity (Wildman–Crippen MR) is 105 cm³/mol. The Bertz CT molecular complexity index is 898. The molecule has 0 aromatic heterocycles. The van der Waals surface area contributed by atoms with Crippen molar-refractivity contribution in [2.24, 2.45) is 0 Å². The van der Waals surface area contributed by atoms with Gasteiger partial charge in [-0.05, 0) is 37.3 Å². The minimum atomic E-state index is -3.78. The molecule has 2 aromatic carbocycles. The number of hydrogen-bond acceptors (Lipinski definition) is 4. The number of nitrogens with one attached hydrogen (secondary N) is 1. The van der Waals surface area contributed by atoms with Crippen LogP contribution in [0.2, 0.25) is 10.0 Å². The molecule has 0 fully saturated rings. The van der Waals surface area contributed by atoms with Gasteiger partial charge in [0, 0.05) is 10.0 Å². The molecule has 0 spiro atoms. The fraction of sp³-hybridized carbons (Fsp3) is 0.235. The van der Waals surface area contributed by atoms with E-state index in [1.165, 1.54) is 32.2 Å². The van der Waals surface area contributed by atoms with E-state index in [1.54, 1.807) is 24.3 Å². The summed E-state index contributed by atoms with van der Waals surface area (Å²) in [5.41, 5.74) is 0.636. The fourth-order valence-electron chi connectivity index (χ4n) is 2.46. The number of halogens is 2. The second kappa shape index (κ2) is 8.16. The van der Waals surface area contributed by atoms with E-state index in [2.05, 4.69) is 5.32 Å². The normalized spacial score (nSPS) is 12.3. The smallest absolute Gasteiger partial charge is 0.248 e. The molecule has 0 radical (unpaired) electrons. The molecule has 1 amide bonds. The monoisotopic (exact) mass is 416 g/mol. The van der Waals surface area contributed by atoms with Crippen LogP contribution in [0.1, 0.15) is 6.92 Å². The number of hydrogen-bond donors (Lipinski definition) is 1. The van der Waals surface area contributed by atoms with Crippen LogP contribution in [0.15, 0.2) is 42.5 Å². The third-order valence-corrected chi connectivity index (χ3v) is 5.23. The quantitative estimate of drug-likeness (QED) is 0.776. The summed E-state index contributed by atoms with van der Waals surface area (Å²) >= 11 is 11.9. The third-order valence-electron chi connectivity index (χ3n) is 3.56. The molecule has 0 saturated heterocycles. The number of nitrogens with zero attached hydrogens (tertiary/aromatic N) is 1. The van der Waals surface area contributed by atoms with Crippen LogP contribution in [0.4, 0.5) is 11.4 Å². The van der Waals surface area contributed by atoms with Crippen molar-refractivity contribution >= 4 is 50.5 Å². The first kappa shape index (κ1) is 20.4. The molecular formula is C17H18Cl2N2O4S. The van der Waals surface area contributed by atoms with Crippen LogP contribution >= 0.6 is 23.2 Å². The summed E-state index contributed by atoms with van der Waals surface area (Å²) in [5, 5.41) is 3.20. The Labute approximate surface area is 162 Å². The molecule has 1 N–H and O–H groups in total. The molecule has 0 saturated carbocycles. The van der Waals surface area contributed by atoms with Gasteiger partial charge in [0.1, 0.15) is 11.8 Å². The number of methoxy groups -OCH3 is 1. The zero-order chi connectivity index (χ0) is 19.5. The Morgan fingerprint density at radius 2 is 1.73 bits per heavy atom. The highest BCUT2D eigenvalue weighted by molar-refractivity contribution is 7.92. The van der Waals surface area contributed by atoms with E-state index in [-0.39, 0.29) is 15.7 Å². The van der Waals surface area contributed by atoms with Crippen LogP contribution < -0.4 is 14.4 Å². The van der Waals surface area contributed by atoms with Crippen molar-refractivity contribution in [2.75, 3.05) is 23.0 Å². The molecule has 9 heteroatoms. The lowest BCUT2D eigenvalue weighted by molar-refractivity contribution is -0.116. The second-order valence-corrected chi connectivity index (χ2v) is 8.28. The van der Waals surface area contributed by atoms with E-state index in [0.29, 0.717) is 11.4 Å². The van der Waals surface area contributed by atoms with Crippen molar-refractivity contribution < 1.29 is 17.9 Å². The van der Waals surface area contributed by atoms with Crippen LogP contribution in [0.25, 0.3) is 0 Å². The summed E-state index contributed by atoms with van der Waals surface area (Å²) in [5.74, 6) is -0.0687. The lowest BCUT2D eigenvalue weighted by atomic mass is 10.2. The van der Waals surface area contributed by atoms with Crippen LogP contribution in [0.3, 0.4) is 0 Å². The van der Waals surface area contributed by atoms with Crippen LogP contribution in [-0.2, 0) is 14.8 Å². The maximum atomic E-state index is 12.7. The van der Waals surface area contributed by atoms with Gasteiger partial charge in [0.25, 0.3) is 0 Å². The first-order valence-corrected chi connectivity index (χ1v) is 10.1. The number of ether oxygens (including phenoxy) is 1. The van der Waals surface area contributed by atoms with Gasteiger partial charge in [0.05, 0.1) is 24.7 Å². The van der Waals surface area contributed by atoms with Crippen LogP contribution in [-0.4, -0.2) is 33.7 Å². The number of rotatable bonds is 6. The van der Waals surface area contributed by atoms with Crippen molar-refractivity contribution in [1.82, 2.24) is 0 Å². The van der Waals surface area contributed by atoms with Crippen LogP contribution in [0.5, 0.6) is 5.75 Å². The van der Waals surface area contributed by atoms with E-state index in [9.17, 15) is 13.2 Å². The minimum absolute atomic E-state index is 0.202. The summed E-state index contributed by atoms with van der Waals surface area (Å²) in [6.07, 6.45) is 1.01. The molecule has 1 atom stereocenters. The number of carbonyl (C=O) groups excluding carboxylic acids is 1. The second-order valence-electron chi connectivity index (χ2n) is 5.55. The number of para-hydroxylation sites is 2. The summed E-state index contributed by atoms with van der Waals surface area (Å²) in [7, 11) is -2.30. The van der Waals surface area contributed by atoms with E-state index in [4.69, 9.17) is 27.9 Å². The molecule has 0 aliphatic rings. The van der Waals surface area contributed by atoms with Crippen molar-refractivity contribution in [3.8, 4) is 5.75 Å². The van der Waals surface area contributed by atoms with E-state index < -0.39 is 22.0 Å². The van der Waals surface area contributed by atoms with E-state index in [1.807, 2.05) is 0 Å². The van der Waals surface area contributed by atoms with E-state index in [0.717, 1.165) is 10.6 Å². The summed E-state index contributed by atoms with van der Waals surface area (Å²) in [6.45, 7) is 1.47. The Kier molecular flexibility index (Phi) is 6.39. The maximum absolute atomic E-state index is 12.7. The average Bonchev–Trinajstić information content (AvgIpc) is 2.53. The zero-order valence-electron chi connectivity index (χ0n) is 14.4. The first-order valence-electron chi connectivity index (χ1n) is 7.53. The van der Waals surface area contributed by atoms with Gasteiger partial charge in [0.15, 0.2) is 0 Å². The molecule has 2 rings (SSSR count). The maximum Gasteiger partial charge on any atom is 0.248 e. The van der Waals surface area contributed by atoms with Crippen molar-refractivity contribution in [3.63, 3.8) is 0 Å². The highest BCUT2D eigenvalue weighted by atomic mass is 35.5. The molecule has 26 heavy (non-hydrogen) atoms. The SMILES string of the molecule is COc1ccccc1NC(=O)[C@@H](C)N(c1cc(Cl)cc(Cl)c1)S(C)(=O)=O. The average molecular weight is 417 g/mol. The third kappa shape index (κ3) is 4.81. The predicted octanol–water partition coefficient (Wildman–Crippen LogP) is 3.80. The summed E-state index contributed by atoms with van der Waals surface area (Å²) in [4.78, 5) is 12.7. The number of sulfonamides is 1. The summed E-state index contributed by atoms with van der Waals surface area (Å²) in [6, 6.07) is 10.1. The largest absolute Gasteiger partial charge is 0.495 e. The van der Waals surface area contributed by atoms with Crippen molar-refractivity contribution in [1.29, 1.82) is 0 Å². The number of benzene rings is 2. The number of anilines is 2. The molecule has 0 unspecified atom stereocenters. The Morgan fingerprint density at radius 3 is 2.27 bits per heavy atom. The van der Waals surface area contributed by atoms with Crippen molar-refractivity contribution in [2.45, 2.75) is 13.0 Å². The minimum Gasteiger partial charge on any atom is -0.495 e. The highest BCUT2D eigenvalue weighted by Gasteiger charge is 2.30. The lowest BCUT2D eigenvalue weighted by Crippen LogP contribution is -2.45. The van der Waals surface area contributed by atoms with E-state index >= 15 is 0 Å². The molecule has 0 aliphatic heterocycles. The Hall–Kier alpha value is -1.96. The topological polar surface area (TPSA) is 75.7 Å². The van der Waals surface area contributed by atoms with Crippen LogP contribution in [0, 0.1) is 0 Å². The first-order chi connectivity index (χ1) is 12.1. The van der Waals surface area contributed by atoms with Gasteiger partial charge in [-0.3, -0.25) is 9.10 Å². The lowest BCUT2D eigenvalue weighted by Gasteiger charge is -2.28. The molecule has 6 nitrogen and oxygen atoms in total. The molecule has 0 bridgehead atoms. The van der Waals surface area contributed by atoms with Gasteiger partial charge in [-0.25, -0.2) is 8.42 Å². The molecule has 0 aliphatic carbocycles. The van der Waals surface area contributed by atoms with Gasteiger partial charge in [0.2, 0.25) is 15.9 Å². The summed E-state index contributed by atoms with van der Waals surface area (Å²) < 4.78 is 30.8. The Balaban J connectivity index is 2.38. The van der Waals surface area contributed by atoms with Gasteiger partial charge in [-0.1, -0.05) is 35.3 Å². The Morgan fingerprint density at radius 1 is 1.15 bits per heavy atom. The van der Waals surface area contributed by atoms with Crippen molar-refractivity contribution in [3.05, 3.63) is 52.5 Å². The number of amides is 1. The molecule has 0 heterocycles. The van der Waals surface area contributed by atoms with Gasteiger partial charge in [-0.2, -0.15) is 0 Å². The highest BCUT2D eigenvalue weighted by Crippen LogP contribution is 2.29. The number of carbonyl (C=O) groups is 1. The van der Waals surface area contributed by atoms with Gasteiger partial charge >= 0.3 is 0 Å². The molecule has 2 aromatic rings. The molecular weight excluding hydrogens is 399 g/mol. The fourth-order valence-corrected chi connectivity index (χ4v) is 4.13. The van der Waals surface area contributed by atoms with Gasteiger partial charge in [-0.15, -0.1) is 0 Å². The van der Waals surface area contributed by atoms with Gasteiger partial charge < -0.3 is 10.1 Å². The standard InChI is InChI=1S/C17H18Cl2N2O4S/c1-11(17(22)20-15-6-4-5-7-16(15)25-2)21(26(3,23)24)14-9-12(18)8-13(19)10-14/h4-11H,1-3H3,(H,20,22)/t11-/m1/s1.